The minimum absolute atomic E-state index is 0.0376. The van der Waals surface area contributed by atoms with Gasteiger partial charge in [0.2, 0.25) is 0 Å². The number of fused-ring (bicyclic) bond motifs is 2. The maximum absolute atomic E-state index is 13.1. The molecule has 5 rings (SSSR count). The van der Waals surface area contributed by atoms with E-state index in [0.29, 0.717) is 13.1 Å². The molecule has 2 aliphatic rings. The topological polar surface area (TPSA) is 72.6 Å². The van der Waals surface area contributed by atoms with Crippen molar-refractivity contribution >= 4 is 11.6 Å². The van der Waals surface area contributed by atoms with Gasteiger partial charge in [-0.3, -0.25) is 4.79 Å². The van der Waals surface area contributed by atoms with Crippen LogP contribution < -0.4 is 4.74 Å². The number of amides is 1. The van der Waals surface area contributed by atoms with Gasteiger partial charge in [-0.05, 0) is 49.4 Å². The van der Waals surface area contributed by atoms with Gasteiger partial charge < -0.3 is 9.64 Å². The highest BCUT2D eigenvalue weighted by molar-refractivity contribution is 5.81. The fourth-order valence-electron chi connectivity index (χ4n) is 4.52. The molecule has 31 heavy (non-hydrogen) atoms. The molecule has 7 heteroatoms. The highest BCUT2D eigenvalue weighted by Crippen LogP contribution is 2.31. The molecule has 3 aromatic rings. The Morgan fingerprint density at radius 3 is 2.58 bits per heavy atom. The summed E-state index contributed by atoms with van der Waals surface area (Å²) in [6.07, 6.45) is 2.96. The van der Waals surface area contributed by atoms with Crippen molar-refractivity contribution in [1.82, 2.24) is 24.7 Å². The molecule has 0 N–H and O–H groups in total. The lowest BCUT2D eigenvalue weighted by atomic mass is 9.92. The van der Waals surface area contributed by atoms with Crippen LogP contribution in [0.2, 0.25) is 0 Å². The van der Waals surface area contributed by atoms with E-state index < -0.39 is 0 Å². The molecule has 0 saturated carbocycles. The number of nitrogens with zero attached hydrogens (tertiary/aromatic N) is 5. The van der Waals surface area contributed by atoms with Crippen LogP contribution in [0.4, 0.5) is 0 Å². The molecule has 1 saturated heterocycles. The second-order valence-electron chi connectivity index (χ2n) is 9.65. The minimum atomic E-state index is -0.378. The van der Waals surface area contributed by atoms with Crippen LogP contribution in [0.15, 0.2) is 36.4 Å². The predicted molar refractivity (Wildman–Crippen MR) is 117 cm³/mol. The van der Waals surface area contributed by atoms with Gasteiger partial charge >= 0.3 is 0 Å². The summed E-state index contributed by atoms with van der Waals surface area (Å²) in [7, 11) is 0. The molecule has 0 spiro atoms. The number of hydrogen-bond donors (Lipinski definition) is 0. The summed E-state index contributed by atoms with van der Waals surface area (Å²) in [5.41, 5.74) is 2.94. The van der Waals surface area contributed by atoms with Crippen molar-refractivity contribution in [2.75, 3.05) is 13.1 Å². The fraction of sp³-hybridized carbons (Fsp3) is 0.500. The summed E-state index contributed by atoms with van der Waals surface area (Å²) >= 11 is 0. The molecule has 1 amide bonds. The lowest BCUT2D eigenvalue weighted by Crippen LogP contribution is -2.46. The summed E-state index contributed by atoms with van der Waals surface area (Å²) in [6.45, 7) is 7.88. The third kappa shape index (κ3) is 3.77. The number of carbonyl (C=O) groups is 1. The van der Waals surface area contributed by atoms with Crippen LogP contribution in [0.5, 0.6) is 5.75 Å². The predicted octanol–water partition coefficient (Wildman–Crippen LogP) is 3.52. The Bertz CT molecular complexity index is 1110. The molecule has 7 nitrogen and oxygen atoms in total. The first-order valence-corrected chi connectivity index (χ1v) is 11.2. The van der Waals surface area contributed by atoms with Gasteiger partial charge in [0.05, 0.1) is 5.69 Å². The smallest absolute Gasteiger partial charge is 0.263 e. The van der Waals surface area contributed by atoms with Crippen molar-refractivity contribution in [3.63, 3.8) is 0 Å². The number of aryl methyl sites for hydroxylation is 1. The summed E-state index contributed by atoms with van der Waals surface area (Å²) in [4.78, 5) is 15.0. The number of hydrogen-bond acceptors (Lipinski definition) is 5. The second kappa shape index (κ2) is 7.62. The Labute approximate surface area is 182 Å². The van der Waals surface area contributed by atoms with E-state index in [0.717, 1.165) is 48.6 Å². The van der Waals surface area contributed by atoms with E-state index in [-0.39, 0.29) is 23.3 Å². The molecule has 1 aromatic carbocycles. The quantitative estimate of drug-likeness (QED) is 0.635. The Morgan fingerprint density at radius 2 is 1.81 bits per heavy atom. The van der Waals surface area contributed by atoms with Crippen LogP contribution in [0.3, 0.4) is 0 Å². The molecule has 1 unspecified atom stereocenters. The molecular weight excluding hydrogens is 390 g/mol. The van der Waals surface area contributed by atoms with Crippen LogP contribution in [-0.2, 0) is 16.6 Å². The summed E-state index contributed by atoms with van der Waals surface area (Å²) in [5.74, 6) is 2.09. The van der Waals surface area contributed by atoms with E-state index in [4.69, 9.17) is 9.84 Å². The molecule has 162 valence electrons. The molecule has 1 fully saturated rings. The first-order valence-electron chi connectivity index (χ1n) is 11.2. The van der Waals surface area contributed by atoms with Crippen LogP contribution in [0.25, 0.3) is 5.65 Å². The van der Waals surface area contributed by atoms with E-state index in [1.807, 2.05) is 39.7 Å². The Hall–Kier alpha value is -2.96. The Kier molecular flexibility index (Phi) is 4.91. The zero-order valence-electron chi connectivity index (χ0n) is 18.4. The minimum Gasteiger partial charge on any atom is -0.480 e. The average molecular weight is 420 g/mol. The summed E-state index contributed by atoms with van der Waals surface area (Å²) < 4.78 is 7.91. The van der Waals surface area contributed by atoms with E-state index >= 15 is 0 Å². The van der Waals surface area contributed by atoms with Crippen molar-refractivity contribution < 1.29 is 9.53 Å². The molecule has 0 aliphatic carbocycles. The number of para-hydroxylation sites is 1. The second-order valence-corrected chi connectivity index (χ2v) is 9.65. The van der Waals surface area contributed by atoms with E-state index in [1.165, 1.54) is 5.56 Å². The molecule has 2 aliphatic heterocycles. The number of ether oxygens (including phenoxy) is 1. The molecule has 0 radical (unpaired) electrons. The number of piperidine rings is 1. The van der Waals surface area contributed by atoms with Crippen molar-refractivity contribution in [1.29, 1.82) is 0 Å². The lowest BCUT2D eigenvalue weighted by molar-refractivity contribution is -0.140. The number of likely N-dealkylation sites (tertiary alicyclic amines) is 1. The first-order chi connectivity index (χ1) is 14.9. The van der Waals surface area contributed by atoms with Crippen LogP contribution >= 0.6 is 0 Å². The van der Waals surface area contributed by atoms with Crippen molar-refractivity contribution in [2.45, 2.75) is 63.9 Å². The third-order valence-corrected chi connectivity index (χ3v) is 6.42. The van der Waals surface area contributed by atoms with Crippen LogP contribution in [0.1, 0.15) is 63.0 Å². The SMILES string of the molecule is CC(C)(C)c1ccc2nnc(C3CCN(C(=O)C4CCc5ccccc5O4)CC3)n2n1. The van der Waals surface area contributed by atoms with Gasteiger partial charge in [0, 0.05) is 24.4 Å². The zero-order chi connectivity index (χ0) is 21.6. The van der Waals surface area contributed by atoms with Gasteiger partial charge in [-0.15, -0.1) is 10.2 Å². The maximum atomic E-state index is 13.1. The van der Waals surface area contributed by atoms with Crippen molar-refractivity contribution in [3.05, 3.63) is 53.5 Å². The van der Waals surface area contributed by atoms with Crippen molar-refractivity contribution in [3.8, 4) is 5.75 Å². The standard InChI is InChI=1S/C24H29N5O2/c1-24(2,3)20-10-11-21-25-26-22(29(21)27-20)17-12-14-28(15-13-17)23(30)19-9-8-16-6-4-5-7-18(16)31-19/h4-7,10-11,17,19H,8-9,12-15H2,1-3H3. The summed E-state index contributed by atoms with van der Waals surface area (Å²) in [5, 5.41) is 13.6. The van der Waals surface area contributed by atoms with Crippen LogP contribution in [0, 0.1) is 0 Å². The van der Waals surface area contributed by atoms with E-state index in [2.05, 4.69) is 37.0 Å². The van der Waals surface area contributed by atoms with Gasteiger partial charge in [0.15, 0.2) is 17.6 Å². The normalized spacial score (nSPS) is 19.8. The third-order valence-electron chi connectivity index (χ3n) is 6.42. The van der Waals surface area contributed by atoms with Gasteiger partial charge in [-0.25, -0.2) is 0 Å². The highest BCUT2D eigenvalue weighted by atomic mass is 16.5. The Balaban J connectivity index is 1.27. The molecule has 0 bridgehead atoms. The monoisotopic (exact) mass is 419 g/mol. The summed E-state index contributed by atoms with van der Waals surface area (Å²) in [6, 6.07) is 12.0. The highest BCUT2D eigenvalue weighted by Gasteiger charge is 2.33. The average Bonchev–Trinajstić information content (AvgIpc) is 3.21. The maximum Gasteiger partial charge on any atom is 0.263 e. The number of benzene rings is 1. The van der Waals surface area contributed by atoms with E-state index in [9.17, 15) is 4.79 Å². The molecule has 4 heterocycles. The number of carbonyl (C=O) groups excluding carboxylic acids is 1. The zero-order valence-corrected chi connectivity index (χ0v) is 18.4. The van der Waals surface area contributed by atoms with Gasteiger partial charge in [0.1, 0.15) is 5.75 Å². The van der Waals surface area contributed by atoms with Gasteiger partial charge in [0.25, 0.3) is 5.91 Å². The molecule has 1 atom stereocenters. The van der Waals surface area contributed by atoms with E-state index in [1.54, 1.807) is 0 Å². The van der Waals surface area contributed by atoms with Crippen LogP contribution in [-0.4, -0.2) is 49.8 Å². The largest absolute Gasteiger partial charge is 0.480 e. The number of rotatable bonds is 2. The number of aromatic nitrogens is 4. The van der Waals surface area contributed by atoms with Crippen molar-refractivity contribution in [2.24, 2.45) is 0 Å². The van der Waals surface area contributed by atoms with Gasteiger partial charge in [-0.2, -0.15) is 9.61 Å². The fourth-order valence-corrected chi connectivity index (χ4v) is 4.52. The molecule has 2 aromatic heterocycles. The molecular formula is C24H29N5O2. The lowest BCUT2D eigenvalue weighted by Gasteiger charge is -2.35. The Morgan fingerprint density at radius 1 is 1.03 bits per heavy atom. The first kappa shape index (κ1) is 20.0. The van der Waals surface area contributed by atoms with Gasteiger partial charge in [-0.1, -0.05) is 39.0 Å².